The lowest BCUT2D eigenvalue weighted by Gasteiger charge is -1.95. The summed E-state index contributed by atoms with van der Waals surface area (Å²) in [5.74, 6) is 0. The molecule has 0 radical (unpaired) electrons. The van der Waals surface area contributed by atoms with Crippen LogP contribution in [0, 0.1) is 0 Å². The van der Waals surface area contributed by atoms with E-state index >= 15 is 0 Å². The van der Waals surface area contributed by atoms with Crippen LogP contribution in [0.1, 0.15) is 0 Å². The van der Waals surface area contributed by atoms with Crippen LogP contribution in [0.2, 0.25) is 0 Å². The Kier molecular flexibility index (Phi) is 3.77. The van der Waals surface area contributed by atoms with E-state index in [1.165, 1.54) is 0 Å². The van der Waals surface area contributed by atoms with Crippen LogP contribution in [0.25, 0.3) is 21.1 Å². The maximum atomic E-state index is 4.26. The second-order valence-corrected chi connectivity index (χ2v) is 6.74. The van der Waals surface area contributed by atoms with Gasteiger partial charge in [0, 0.05) is 20.1 Å². The van der Waals surface area contributed by atoms with Crippen LogP contribution in [0.4, 0.5) is 0 Å². The van der Waals surface area contributed by atoms with E-state index in [4.69, 9.17) is 0 Å². The Morgan fingerprint density at radius 3 is 1.37 bits per heavy atom. The maximum Gasteiger partial charge on any atom is 0.148 e. The minimum Gasteiger partial charge on any atom is -0.138 e. The first-order valence-electron chi connectivity index (χ1n) is 5.58. The van der Waals surface area contributed by atoms with E-state index in [9.17, 15) is 0 Å². The molecule has 0 spiro atoms. The molecular weight excluding hydrogens is 388 g/mol. The molecule has 3 rings (SSSR count). The lowest BCUT2D eigenvalue weighted by atomic mass is 10.2. The Balaban J connectivity index is 1.95. The predicted molar refractivity (Wildman–Crippen MR) is 86.2 cm³/mol. The molecule has 0 atom stereocenters. The van der Waals surface area contributed by atoms with Gasteiger partial charge in [-0.2, -0.15) is 0 Å². The fourth-order valence-corrected chi connectivity index (χ4v) is 3.02. The second-order valence-electron chi connectivity index (χ2n) is 3.93. The molecule has 0 unspecified atom stereocenters. The highest BCUT2D eigenvalue weighted by atomic mass is 79.9. The summed E-state index contributed by atoms with van der Waals surface area (Å²) in [7, 11) is 0. The molecule has 0 aliphatic rings. The average Bonchev–Trinajstić information content (AvgIpc) is 2.90. The van der Waals surface area contributed by atoms with Crippen molar-refractivity contribution in [1.82, 2.24) is 10.2 Å². The molecule has 94 valence electrons. The van der Waals surface area contributed by atoms with E-state index in [1.54, 1.807) is 11.3 Å². The van der Waals surface area contributed by atoms with Gasteiger partial charge in [-0.1, -0.05) is 67.5 Å². The Labute approximate surface area is 131 Å². The molecule has 1 heterocycles. The highest BCUT2D eigenvalue weighted by molar-refractivity contribution is 9.10. The zero-order valence-corrected chi connectivity index (χ0v) is 13.7. The summed E-state index contributed by atoms with van der Waals surface area (Å²) in [6, 6.07) is 16.2. The van der Waals surface area contributed by atoms with Gasteiger partial charge in [0.15, 0.2) is 0 Å². The van der Waals surface area contributed by atoms with Crippen molar-refractivity contribution in [3.8, 4) is 21.1 Å². The summed E-state index contributed by atoms with van der Waals surface area (Å²) in [5.41, 5.74) is 2.17. The monoisotopic (exact) mass is 394 g/mol. The Morgan fingerprint density at radius 2 is 1.00 bits per heavy atom. The standard InChI is InChI=1S/C14H8Br2N2S/c15-11-5-1-9(2-6-11)13-17-18-14(19-13)10-3-7-12(16)8-4-10/h1-8H. The number of nitrogens with zero attached hydrogens (tertiary/aromatic N) is 2. The van der Waals surface area contributed by atoms with E-state index in [-0.39, 0.29) is 0 Å². The van der Waals surface area contributed by atoms with Crippen molar-refractivity contribution in [2.24, 2.45) is 0 Å². The van der Waals surface area contributed by atoms with E-state index in [1.807, 2.05) is 48.5 Å². The van der Waals surface area contributed by atoms with E-state index in [0.29, 0.717) is 0 Å². The van der Waals surface area contributed by atoms with Gasteiger partial charge in [0.2, 0.25) is 0 Å². The third-order valence-corrected chi connectivity index (χ3v) is 4.69. The molecule has 19 heavy (non-hydrogen) atoms. The van der Waals surface area contributed by atoms with Crippen LogP contribution < -0.4 is 0 Å². The van der Waals surface area contributed by atoms with E-state index in [2.05, 4.69) is 42.1 Å². The number of rotatable bonds is 2. The smallest absolute Gasteiger partial charge is 0.138 e. The van der Waals surface area contributed by atoms with Crippen molar-refractivity contribution in [2.45, 2.75) is 0 Å². The molecule has 1 aromatic heterocycles. The molecule has 0 fully saturated rings. The number of halogens is 2. The van der Waals surface area contributed by atoms with Gasteiger partial charge < -0.3 is 0 Å². The predicted octanol–water partition coefficient (Wildman–Crippen LogP) is 5.40. The zero-order valence-electron chi connectivity index (χ0n) is 9.68. The molecule has 2 nitrogen and oxygen atoms in total. The summed E-state index contributed by atoms with van der Waals surface area (Å²) < 4.78 is 2.13. The van der Waals surface area contributed by atoms with Gasteiger partial charge in [-0.3, -0.25) is 0 Å². The summed E-state index contributed by atoms with van der Waals surface area (Å²) in [6.07, 6.45) is 0. The van der Waals surface area contributed by atoms with Crippen molar-refractivity contribution in [2.75, 3.05) is 0 Å². The first-order chi connectivity index (χ1) is 9.22. The van der Waals surface area contributed by atoms with Gasteiger partial charge in [0.1, 0.15) is 10.0 Å². The molecular formula is C14H8Br2N2S. The summed E-state index contributed by atoms with van der Waals surface area (Å²) in [6.45, 7) is 0. The minimum absolute atomic E-state index is 0.936. The topological polar surface area (TPSA) is 25.8 Å². The van der Waals surface area contributed by atoms with Crippen LogP contribution in [-0.4, -0.2) is 10.2 Å². The molecule has 5 heteroatoms. The van der Waals surface area contributed by atoms with Gasteiger partial charge in [0.05, 0.1) is 0 Å². The van der Waals surface area contributed by atoms with Crippen molar-refractivity contribution >= 4 is 43.2 Å². The molecule has 0 N–H and O–H groups in total. The average molecular weight is 396 g/mol. The SMILES string of the molecule is Brc1ccc(-c2nnc(-c3ccc(Br)cc3)s2)cc1. The van der Waals surface area contributed by atoms with Crippen LogP contribution in [0.5, 0.6) is 0 Å². The third kappa shape index (κ3) is 2.94. The maximum absolute atomic E-state index is 4.26. The first kappa shape index (κ1) is 13.0. The Hall–Kier alpha value is -1.04. The van der Waals surface area contributed by atoms with Crippen LogP contribution >= 0.6 is 43.2 Å². The fourth-order valence-electron chi connectivity index (χ4n) is 1.64. The summed E-state index contributed by atoms with van der Waals surface area (Å²) in [4.78, 5) is 0. The van der Waals surface area contributed by atoms with Crippen LogP contribution in [0.3, 0.4) is 0 Å². The molecule has 0 aliphatic carbocycles. The fraction of sp³-hybridized carbons (Fsp3) is 0. The lowest BCUT2D eigenvalue weighted by Crippen LogP contribution is -1.77. The number of benzene rings is 2. The zero-order chi connectivity index (χ0) is 13.2. The largest absolute Gasteiger partial charge is 0.148 e. The normalized spacial score (nSPS) is 10.6. The van der Waals surface area contributed by atoms with E-state index in [0.717, 1.165) is 30.1 Å². The number of aromatic nitrogens is 2. The molecule has 2 aromatic carbocycles. The van der Waals surface area contributed by atoms with Crippen molar-refractivity contribution < 1.29 is 0 Å². The Bertz CT molecular complexity index is 630. The highest BCUT2D eigenvalue weighted by Gasteiger charge is 2.08. The molecule has 0 saturated carbocycles. The van der Waals surface area contributed by atoms with Crippen LogP contribution in [0.15, 0.2) is 57.5 Å². The molecule has 3 aromatic rings. The quantitative estimate of drug-likeness (QED) is 0.580. The Morgan fingerprint density at radius 1 is 0.632 bits per heavy atom. The lowest BCUT2D eigenvalue weighted by molar-refractivity contribution is 1.10. The van der Waals surface area contributed by atoms with Gasteiger partial charge >= 0.3 is 0 Å². The van der Waals surface area contributed by atoms with Gasteiger partial charge in [0.25, 0.3) is 0 Å². The minimum atomic E-state index is 0.936. The van der Waals surface area contributed by atoms with Gasteiger partial charge in [-0.05, 0) is 24.3 Å². The first-order valence-corrected chi connectivity index (χ1v) is 7.98. The highest BCUT2D eigenvalue weighted by Crippen LogP contribution is 2.30. The molecule has 0 bridgehead atoms. The van der Waals surface area contributed by atoms with Crippen molar-refractivity contribution in [1.29, 1.82) is 0 Å². The molecule has 0 saturated heterocycles. The number of hydrogen-bond acceptors (Lipinski definition) is 3. The third-order valence-electron chi connectivity index (χ3n) is 2.61. The van der Waals surface area contributed by atoms with E-state index < -0.39 is 0 Å². The molecule has 0 aliphatic heterocycles. The van der Waals surface area contributed by atoms with Gasteiger partial charge in [-0.25, -0.2) is 0 Å². The summed E-state index contributed by atoms with van der Waals surface area (Å²) in [5, 5.41) is 10.4. The van der Waals surface area contributed by atoms with Crippen molar-refractivity contribution in [3.05, 3.63) is 57.5 Å². The van der Waals surface area contributed by atoms with Crippen LogP contribution in [-0.2, 0) is 0 Å². The molecule has 0 amide bonds. The van der Waals surface area contributed by atoms with Crippen molar-refractivity contribution in [3.63, 3.8) is 0 Å². The number of hydrogen-bond donors (Lipinski definition) is 0. The summed E-state index contributed by atoms with van der Waals surface area (Å²) >= 11 is 8.46. The van der Waals surface area contributed by atoms with Gasteiger partial charge in [-0.15, -0.1) is 10.2 Å². The second kappa shape index (κ2) is 5.53.